The highest BCUT2D eigenvalue weighted by molar-refractivity contribution is 7.99. The molecule has 2 aromatic rings. The van der Waals surface area contributed by atoms with Crippen molar-refractivity contribution in [2.75, 3.05) is 18.2 Å². The van der Waals surface area contributed by atoms with Gasteiger partial charge in [-0.25, -0.2) is 18.4 Å². The van der Waals surface area contributed by atoms with Gasteiger partial charge in [0, 0.05) is 11.7 Å². The number of hydrogen-bond acceptors (Lipinski definition) is 5. The number of hydrogen-bond donors (Lipinski definition) is 2. The predicted octanol–water partition coefficient (Wildman–Crippen LogP) is 3.54. The van der Waals surface area contributed by atoms with E-state index in [0.717, 1.165) is 27.2 Å². The van der Waals surface area contributed by atoms with Crippen molar-refractivity contribution < 1.29 is 33.0 Å². The van der Waals surface area contributed by atoms with Gasteiger partial charge in [-0.3, -0.25) is 4.79 Å². The molecule has 1 saturated heterocycles. The van der Waals surface area contributed by atoms with Crippen LogP contribution in [-0.2, 0) is 14.3 Å². The monoisotopic (exact) mass is 476 g/mol. The Morgan fingerprint density at radius 2 is 1.70 bits per heavy atom. The molecule has 0 spiro atoms. The van der Waals surface area contributed by atoms with Crippen molar-refractivity contribution in [2.24, 2.45) is 0 Å². The molecule has 0 saturated carbocycles. The van der Waals surface area contributed by atoms with Crippen molar-refractivity contribution in [1.82, 2.24) is 10.2 Å². The summed E-state index contributed by atoms with van der Waals surface area (Å²) in [7, 11) is 0. The van der Waals surface area contributed by atoms with Crippen LogP contribution in [0.1, 0.15) is 23.5 Å². The third kappa shape index (κ3) is 4.80. The number of fused-ring (bicyclic) bond motifs is 3. The fraction of sp³-hybridized carbons (Fsp3) is 0.348. The number of halogens is 2. The van der Waals surface area contributed by atoms with Gasteiger partial charge in [0.2, 0.25) is 5.91 Å². The first kappa shape index (κ1) is 23.0. The van der Waals surface area contributed by atoms with Crippen molar-refractivity contribution in [1.29, 1.82) is 0 Å². The van der Waals surface area contributed by atoms with E-state index in [9.17, 15) is 28.3 Å². The Balaban J connectivity index is 1.38. The van der Waals surface area contributed by atoms with Crippen LogP contribution in [-0.4, -0.2) is 64.7 Å². The molecule has 4 rings (SSSR count). The molecule has 2 N–H and O–H groups in total. The van der Waals surface area contributed by atoms with Gasteiger partial charge in [-0.15, -0.1) is 11.8 Å². The van der Waals surface area contributed by atoms with Crippen LogP contribution in [0.2, 0.25) is 0 Å². The van der Waals surface area contributed by atoms with Gasteiger partial charge < -0.3 is 20.1 Å². The number of aliphatic carboxylic acids is 1. The fourth-order valence-electron chi connectivity index (χ4n) is 4.19. The van der Waals surface area contributed by atoms with Crippen molar-refractivity contribution in [3.8, 4) is 11.1 Å². The minimum absolute atomic E-state index is 0.0480. The Morgan fingerprint density at radius 3 is 2.27 bits per heavy atom. The number of rotatable bonds is 7. The van der Waals surface area contributed by atoms with E-state index in [0.29, 0.717) is 0 Å². The molecule has 2 aliphatic rings. The van der Waals surface area contributed by atoms with Gasteiger partial charge >= 0.3 is 12.1 Å². The first-order valence-electron chi connectivity index (χ1n) is 10.4. The van der Waals surface area contributed by atoms with Gasteiger partial charge in [0.1, 0.15) is 18.7 Å². The number of benzene rings is 2. The second-order valence-corrected chi connectivity index (χ2v) is 8.83. The highest BCUT2D eigenvalue weighted by atomic mass is 32.2. The lowest BCUT2D eigenvalue weighted by molar-refractivity contribution is -0.148. The normalized spacial score (nSPS) is 18.0. The molecule has 1 heterocycles. The third-order valence-electron chi connectivity index (χ3n) is 5.83. The average molecular weight is 477 g/mol. The molecule has 33 heavy (non-hydrogen) atoms. The van der Waals surface area contributed by atoms with E-state index < -0.39 is 42.9 Å². The standard InChI is InChI=1S/C23H22F2N2O5S/c24-21(25)18(9-20(28)27-12-33-11-19(27)22(29)30)26-23(31)32-10-17-15-7-3-1-5-13(15)14-6-2-4-8-16(14)17/h1-8,17-19,21H,9-12H2,(H,26,31)(H,29,30). The van der Waals surface area contributed by atoms with Crippen molar-refractivity contribution in [2.45, 2.75) is 30.8 Å². The lowest BCUT2D eigenvalue weighted by atomic mass is 9.98. The summed E-state index contributed by atoms with van der Waals surface area (Å²) >= 11 is 1.23. The molecular weight excluding hydrogens is 454 g/mol. The molecule has 0 aromatic heterocycles. The molecule has 174 valence electrons. The van der Waals surface area contributed by atoms with Crippen LogP contribution >= 0.6 is 11.8 Å². The maximum Gasteiger partial charge on any atom is 0.407 e. The van der Waals surface area contributed by atoms with Crippen LogP contribution in [0.4, 0.5) is 13.6 Å². The van der Waals surface area contributed by atoms with E-state index in [4.69, 9.17) is 4.74 Å². The van der Waals surface area contributed by atoms with E-state index in [1.54, 1.807) is 0 Å². The molecular formula is C23H22F2N2O5S. The summed E-state index contributed by atoms with van der Waals surface area (Å²) in [5.74, 6) is -1.87. The van der Waals surface area contributed by atoms with E-state index in [2.05, 4.69) is 5.32 Å². The zero-order valence-electron chi connectivity index (χ0n) is 17.4. The largest absolute Gasteiger partial charge is 0.480 e. The Labute approximate surface area is 193 Å². The van der Waals surface area contributed by atoms with E-state index in [1.807, 2.05) is 48.5 Å². The Bertz CT molecular complexity index is 1020. The molecule has 2 aromatic carbocycles. The number of amides is 2. The van der Waals surface area contributed by atoms with E-state index >= 15 is 0 Å². The van der Waals surface area contributed by atoms with Crippen molar-refractivity contribution in [3.63, 3.8) is 0 Å². The van der Waals surface area contributed by atoms with Crippen LogP contribution in [0.3, 0.4) is 0 Å². The van der Waals surface area contributed by atoms with Crippen molar-refractivity contribution in [3.05, 3.63) is 59.7 Å². The lowest BCUT2D eigenvalue weighted by Gasteiger charge is -2.24. The number of alkyl halides is 2. The van der Waals surface area contributed by atoms with Crippen LogP contribution in [0, 0.1) is 0 Å². The Hall–Kier alpha value is -3.14. The second-order valence-electron chi connectivity index (χ2n) is 7.83. The smallest absolute Gasteiger partial charge is 0.407 e. The van der Waals surface area contributed by atoms with Crippen LogP contribution in [0.15, 0.2) is 48.5 Å². The predicted molar refractivity (Wildman–Crippen MR) is 118 cm³/mol. The summed E-state index contributed by atoms with van der Waals surface area (Å²) in [6.45, 7) is -0.0480. The first-order valence-corrected chi connectivity index (χ1v) is 11.5. The lowest BCUT2D eigenvalue weighted by Crippen LogP contribution is -2.47. The maximum absolute atomic E-state index is 13.5. The van der Waals surface area contributed by atoms with Crippen LogP contribution in [0.5, 0.6) is 0 Å². The maximum atomic E-state index is 13.5. The topological polar surface area (TPSA) is 95.9 Å². The molecule has 2 amide bonds. The van der Waals surface area contributed by atoms with Gasteiger partial charge in [-0.05, 0) is 22.3 Å². The Kier molecular flexibility index (Phi) is 6.83. The van der Waals surface area contributed by atoms with Gasteiger partial charge in [-0.1, -0.05) is 48.5 Å². The van der Waals surface area contributed by atoms with Gasteiger partial charge in [0.05, 0.1) is 12.3 Å². The van der Waals surface area contributed by atoms with Crippen LogP contribution < -0.4 is 5.32 Å². The van der Waals surface area contributed by atoms with Crippen molar-refractivity contribution >= 4 is 29.7 Å². The number of carbonyl (C=O) groups is 3. The van der Waals surface area contributed by atoms with E-state index in [-0.39, 0.29) is 24.2 Å². The minimum atomic E-state index is -3.02. The zero-order valence-corrected chi connectivity index (χ0v) is 18.3. The summed E-state index contributed by atoms with van der Waals surface area (Å²) in [4.78, 5) is 37.0. The highest BCUT2D eigenvalue weighted by Gasteiger charge is 2.37. The highest BCUT2D eigenvalue weighted by Crippen LogP contribution is 2.44. The summed E-state index contributed by atoms with van der Waals surface area (Å²) in [6, 6.07) is 12.6. The number of carboxylic acids is 1. The number of alkyl carbamates (subject to hydrolysis) is 1. The molecule has 1 fully saturated rings. The number of thioether (sulfide) groups is 1. The number of ether oxygens (including phenoxy) is 1. The second kappa shape index (κ2) is 9.78. The van der Waals surface area contributed by atoms with Crippen LogP contribution in [0.25, 0.3) is 11.1 Å². The average Bonchev–Trinajstić information content (AvgIpc) is 3.41. The first-order chi connectivity index (χ1) is 15.9. The number of nitrogens with one attached hydrogen (secondary N) is 1. The number of carboxylic acid groups (broad SMARTS) is 1. The molecule has 1 aliphatic carbocycles. The number of nitrogens with zero attached hydrogens (tertiary/aromatic N) is 1. The van der Waals surface area contributed by atoms with Gasteiger partial charge in [0.25, 0.3) is 6.43 Å². The molecule has 0 bridgehead atoms. The summed E-state index contributed by atoms with van der Waals surface area (Å²) in [5, 5.41) is 11.3. The fourth-order valence-corrected chi connectivity index (χ4v) is 5.36. The molecule has 1 aliphatic heterocycles. The summed E-state index contributed by atoms with van der Waals surface area (Å²) in [6.07, 6.45) is -4.79. The molecule has 2 atom stereocenters. The van der Waals surface area contributed by atoms with E-state index in [1.165, 1.54) is 11.8 Å². The van der Waals surface area contributed by atoms with Gasteiger partial charge in [0.15, 0.2) is 0 Å². The minimum Gasteiger partial charge on any atom is -0.480 e. The summed E-state index contributed by atoms with van der Waals surface area (Å²) < 4.78 is 32.4. The quantitative estimate of drug-likeness (QED) is 0.635. The molecule has 2 unspecified atom stereocenters. The molecule has 0 radical (unpaired) electrons. The SMILES string of the molecule is O=C(NC(CC(=O)N1CSCC1C(=O)O)C(F)F)OCC1c2ccccc2-c2ccccc21. The molecule has 10 heteroatoms. The number of carbonyl (C=O) groups excluding carboxylic acids is 2. The Morgan fingerprint density at radius 1 is 1.09 bits per heavy atom. The zero-order chi connectivity index (χ0) is 23.5. The third-order valence-corrected chi connectivity index (χ3v) is 6.85. The molecule has 7 nitrogen and oxygen atoms in total. The van der Waals surface area contributed by atoms with Gasteiger partial charge in [-0.2, -0.15) is 0 Å². The summed E-state index contributed by atoms with van der Waals surface area (Å²) in [5.41, 5.74) is 4.04.